The summed E-state index contributed by atoms with van der Waals surface area (Å²) in [6.45, 7) is 7.91. The second kappa shape index (κ2) is 11.8. The van der Waals surface area contributed by atoms with Gasteiger partial charge in [0.2, 0.25) is 0 Å². The number of benzene rings is 2. The molecule has 0 aliphatic rings. The number of hydrogen-bond acceptors (Lipinski definition) is 3. The second-order valence-electron chi connectivity index (χ2n) is 6.58. The third-order valence-corrected chi connectivity index (χ3v) is 4.66. The molecule has 0 bridgehead atoms. The van der Waals surface area contributed by atoms with E-state index in [1.165, 1.54) is 23.8 Å². The number of carbonyl (C=O) groups excluding carboxylic acids is 2. The normalized spacial score (nSPS) is 10.6. The SMILES string of the molecule is CCN(CC)Cc1ccccc1CNC(=O)NCCNC(=O)c1ccccc1F. The first kappa shape index (κ1) is 22.4. The van der Waals surface area contributed by atoms with Crippen LogP contribution in [-0.4, -0.2) is 43.0 Å². The fourth-order valence-electron chi connectivity index (χ4n) is 2.90. The molecular formula is C22H29FN4O2. The van der Waals surface area contributed by atoms with E-state index < -0.39 is 11.7 Å². The minimum absolute atomic E-state index is 0.0123. The smallest absolute Gasteiger partial charge is 0.315 e. The average molecular weight is 400 g/mol. The standard InChI is InChI=1S/C22H29FN4O2/c1-3-27(4-2)16-18-10-6-5-9-17(18)15-26-22(29)25-14-13-24-21(28)19-11-7-8-12-20(19)23/h5-12H,3-4,13-16H2,1-2H3,(H,24,28)(H2,25,26,29). The second-order valence-corrected chi connectivity index (χ2v) is 6.58. The monoisotopic (exact) mass is 400 g/mol. The van der Waals surface area contributed by atoms with Crippen LogP contribution in [0, 0.1) is 5.82 Å². The maximum absolute atomic E-state index is 13.6. The van der Waals surface area contributed by atoms with Gasteiger partial charge in [0.1, 0.15) is 5.82 Å². The molecule has 0 aliphatic carbocycles. The minimum Gasteiger partial charge on any atom is -0.350 e. The van der Waals surface area contributed by atoms with Crippen LogP contribution in [-0.2, 0) is 13.1 Å². The van der Waals surface area contributed by atoms with Gasteiger partial charge in [-0.25, -0.2) is 9.18 Å². The van der Waals surface area contributed by atoms with Crippen LogP contribution in [0.25, 0.3) is 0 Å². The molecule has 3 N–H and O–H groups in total. The van der Waals surface area contributed by atoms with Gasteiger partial charge in [-0.2, -0.15) is 0 Å². The number of urea groups is 1. The Kier molecular flexibility index (Phi) is 9.11. The molecular weight excluding hydrogens is 371 g/mol. The number of amides is 3. The van der Waals surface area contributed by atoms with E-state index in [1.54, 1.807) is 6.07 Å². The predicted octanol–water partition coefficient (Wildman–Crippen LogP) is 2.90. The van der Waals surface area contributed by atoms with Crippen LogP contribution in [0.3, 0.4) is 0 Å². The zero-order valence-electron chi connectivity index (χ0n) is 17.0. The van der Waals surface area contributed by atoms with Gasteiger partial charge in [0, 0.05) is 26.2 Å². The molecule has 156 valence electrons. The zero-order chi connectivity index (χ0) is 21.1. The van der Waals surface area contributed by atoms with E-state index in [0.717, 1.165) is 25.2 Å². The molecule has 0 radical (unpaired) electrons. The molecule has 0 saturated heterocycles. The Labute approximate surface area is 171 Å². The molecule has 0 heterocycles. The highest BCUT2D eigenvalue weighted by molar-refractivity contribution is 5.94. The summed E-state index contributed by atoms with van der Waals surface area (Å²) in [5.74, 6) is -1.07. The lowest BCUT2D eigenvalue weighted by Gasteiger charge is -2.20. The minimum atomic E-state index is -0.570. The van der Waals surface area contributed by atoms with Crippen molar-refractivity contribution in [2.24, 2.45) is 0 Å². The van der Waals surface area contributed by atoms with E-state index in [9.17, 15) is 14.0 Å². The van der Waals surface area contributed by atoms with Crippen molar-refractivity contribution in [1.82, 2.24) is 20.9 Å². The average Bonchev–Trinajstić information content (AvgIpc) is 2.74. The van der Waals surface area contributed by atoms with Crippen molar-refractivity contribution >= 4 is 11.9 Å². The Balaban J connectivity index is 1.74. The van der Waals surface area contributed by atoms with Crippen LogP contribution in [0.2, 0.25) is 0 Å². The molecule has 0 saturated carbocycles. The van der Waals surface area contributed by atoms with E-state index in [1.807, 2.05) is 18.2 Å². The van der Waals surface area contributed by atoms with Gasteiger partial charge < -0.3 is 16.0 Å². The molecule has 6 nitrogen and oxygen atoms in total. The van der Waals surface area contributed by atoms with Gasteiger partial charge in [0.25, 0.3) is 5.91 Å². The third kappa shape index (κ3) is 7.19. The summed E-state index contributed by atoms with van der Waals surface area (Å²) in [5, 5.41) is 8.11. The largest absolute Gasteiger partial charge is 0.350 e. The lowest BCUT2D eigenvalue weighted by Crippen LogP contribution is -2.40. The summed E-state index contributed by atoms with van der Waals surface area (Å²) in [6, 6.07) is 13.5. The molecule has 3 amide bonds. The molecule has 2 rings (SSSR count). The first-order valence-electron chi connectivity index (χ1n) is 9.88. The first-order valence-corrected chi connectivity index (χ1v) is 9.88. The van der Waals surface area contributed by atoms with Crippen LogP contribution in [0.15, 0.2) is 48.5 Å². The molecule has 0 unspecified atom stereocenters. The summed E-state index contributed by atoms with van der Waals surface area (Å²) in [6.07, 6.45) is 0. The van der Waals surface area contributed by atoms with Gasteiger partial charge in [-0.1, -0.05) is 50.2 Å². The van der Waals surface area contributed by atoms with Crippen LogP contribution in [0.5, 0.6) is 0 Å². The maximum Gasteiger partial charge on any atom is 0.315 e. The molecule has 2 aromatic carbocycles. The van der Waals surface area contributed by atoms with E-state index in [-0.39, 0.29) is 24.7 Å². The molecule has 0 fully saturated rings. The predicted molar refractivity (Wildman–Crippen MR) is 112 cm³/mol. The number of carbonyl (C=O) groups is 2. The highest BCUT2D eigenvalue weighted by Crippen LogP contribution is 2.11. The topological polar surface area (TPSA) is 73.5 Å². The van der Waals surface area contributed by atoms with Crippen molar-refractivity contribution in [2.45, 2.75) is 26.9 Å². The van der Waals surface area contributed by atoms with Crippen LogP contribution >= 0.6 is 0 Å². The molecule has 0 aromatic heterocycles. The van der Waals surface area contributed by atoms with E-state index in [4.69, 9.17) is 0 Å². The quantitative estimate of drug-likeness (QED) is 0.537. The Morgan fingerprint density at radius 1 is 0.862 bits per heavy atom. The highest BCUT2D eigenvalue weighted by Gasteiger charge is 2.10. The Morgan fingerprint density at radius 2 is 1.48 bits per heavy atom. The van der Waals surface area contributed by atoms with Crippen LogP contribution in [0.1, 0.15) is 35.3 Å². The number of nitrogens with one attached hydrogen (secondary N) is 3. The molecule has 7 heteroatoms. The number of hydrogen-bond donors (Lipinski definition) is 3. The third-order valence-electron chi connectivity index (χ3n) is 4.66. The van der Waals surface area contributed by atoms with Crippen molar-refractivity contribution in [3.8, 4) is 0 Å². The highest BCUT2D eigenvalue weighted by atomic mass is 19.1. The fourth-order valence-corrected chi connectivity index (χ4v) is 2.90. The van der Waals surface area contributed by atoms with Gasteiger partial charge in [0.15, 0.2) is 0 Å². The first-order chi connectivity index (χ1) is 14.0. The Hall–Kier alpha value is -2.93. The van der Waals surface area contributed by atoms with Crippen LogP contribution < -0.4 is 16.0 Å². The van der Waals surface area contributed by atoms with Gasteiger partial charge in [-0.05, 0) is 36.3 Å². The van der Waals surface area contributed by atoms with Crippen molar-refractivity contribution in [2.75, 3.05) is 26.2 Å². The van der Waals surface area contributed by atoms with Gasteiger partial charge in [0.05, 0.1) is 5.56 Å². The summed E-state index contributed by atoms with van der Waals surface area (Å²) in [5.41, 5.74) is 2.25. The number of nitrogens with zero attached hydrogens (tertiary/aromatic N) is 1. The van der Waals surface area contributed by atoms with Gasteiger partial charge >= 0.3 is 6.03 Å². The lowest BCUT2D eigenvalue weighted by atomic mass is 10.1. The zero-order valence-corrected chi connectivity index (χ0v) is 17.0. The molecule has 0 atom stereocenters. The van der Waals surface area contributed by atoms with E-state index in [2.05, 4.69) is 40.8 Å². The Bertz CT molecular complexity index is 809. The molecule has 0 spiro atoms. The van der Waals surface area contributed by atoms with Crippen molar-refractivity contribution in [3.63, 3.8) is 0 Å². The summed E-state index contributed by atoms with van der Waals surface area (Å²) in [7, 11) is 0. The fraction of sp³-hybridized carbons (Fsp3) is 0.364. The van der Waals surface area contributed by atoms with Gasteiger partial charge in [-0.3, -0.25) is 9.69 Å². The summed E-state index contributed by atoms with van der Waals surface area (Å²) in [4.78, 5) is 26.3. The van der Waals surface area contributed by atoms with Gasteiger partial charge in [-0.15, -0.1) is 0 Å². The molecule has 2 aromatic rings. The van der Waals surface area contributed by atoms with E-state index >= 15 is 0 Å². The van der Waals surface area contributed by atoms with E-state index in [0.29, 0.717) is 6.54 Å². The summed E-state index contributed by atoms with van der Waals surface area (Å²) < 4.78 is 13.6. The van der Waals surface area contributed by atoms with Crippen molar-refractivity contribution < 1.29 is 14.0 Å². The molecule has 29 heavy (non-hydrogen) atoms. The van der Waals surface area contributed by atoms with Crippen molar-refractivity contribution in [3.05, 3.63) is 71.0 Å². The number of rotatable bonds is 10. The number of halogens is 1. The van der Waals surface area contributed by atoms with Crippen molar-refractivity contribution in [1.29, 1.82) is 0 Å². The molecule has 0 aliphatic heterocycles. The van der Waals surface area contributed by atoms with Crippen LogP contribution in [0.4, 0.5) is 9.18 Å². The Morgan fingerprint density at radius 3 is 2.17 bits per heavy atom. The summed E-state index contributed by atoms with van der Waals surface area (Å²) >= 11 is 0. The maximum atomic E-state index is 13.6. The lowest BCUT2D eigenvalue weighted by molar-refractivity contribution is 0.0950.